The van der Waals surface area contributed by atoms with Crippen LogP contribution in [0.5, 0.6) is 5.75 Å². The Labute approximate surface area is 147 Å². The maximum Gasteiger partial charge on any atom is 0.387 e. The van der Waals surface area contributed by atoms with Crippen molar-refractivity contribution >= 4 is 11.9 Å². The summed E-state index contributed by atoms with van der Waals surface area (Å²) in [4.78, 5) is 17.7. The first kappa shape index (κ1) is 20.7. The van der Waals surface area contributed by atoms with E-state index in [0.29, 0.717) is 25.5 Å². The van der Waals surface area contributed by atoms with Crippen molar-refractivity contribution in [3.63, 3.8) is 0 Å². The van der Waals surface area contributed by atoms with Gasteiger partial charge in [0.15, 0.2) is 5.96 Å². The van der Waals surface area contributed by atoms with Crippen molar-refractivity contribution in [2.75, 3.05) is 20.6 Å². The van der Waals surface area contributed by atoms with Gasteiger partial charge in [0, 0.05) is 39.6 Å². The van der Waals surface area contributed by atoms with Crippen LogP contribution in [0.4, 0.5) is 8.78 Å². The summed E-state index contributed by atoms with van der Waals surface area (Å²) in [7, 11) is 3.51. The van der Waals surface area contributed by atoms with E-state index in [2.05, 4.69) is 20.4 Å². The summed E-state index contributed by atoms with van der Waals surface area (Å²) in [5, 5.41) is 5.95. The normalized spacial score (nSPS) is 11.6. The zero-order chi connectivity index (χ0) is 18.8. The molecule has 1 aromatic rings. The fourth-order valence-corrected chi connectivity index (χ4v) is 2.19. The number of halogens is 2. The van der Waals surface area contributed by atoms with E-state index >= 15 is 0 Å². The molecule has 0 radical (unpaired) electrons. The van der Waals surface area contributed by atoms with Crippen molar-refractivity contribution in [2.45, 2.75) is 39.5 Å². The van der Waals surface area contributed by atoms with Crippen molar-refractivity contribution in [3.8, 4) is 5.75 Å². The standard InChI is InChI=1S/C17H26F2N4O2/c1-12(2)22-15(24)9-10-21-17(20-3)23(4)11-13-5-7-14(8-6-13)25-16(18)19/h5-8,12,16H,9-11H2,1-4H3,(H,20,21)(H,22,24). The van der Waals surface area contributed by atoms with Gasteiger partial charge >= 0.3 is 6.61 Å². The average molecular weight is 356 g/mol. The number of amides is 1. The van der Waals surface area contributed by atoms with Gasteiger partial charge in [-0.05, 0) is 31.5 Å². The number of alkyl halides is 2. The lowest BCUT2D eigenvalue weighted by atomic mass is 10.2. The molecule has 0 fully saturated rings. The minimum Gasteiger partial charge on any atom is -0.435 e. The number of carbonyl (C=O) groups is 1. The molecule has 0 aromatic heterocycles. The Hall–Kier alpha value is -2.38. The molecule has 0 aliphatic heterocycles. The monoisotopic (exact) mass is 356 g/mol. The third-order valence-electron chi connectivity index (χ3n) is 3.23. The molecule has 1 rings (SSSR count). The molecule has 8 heteroatoms. The van der Waals surface area contributed by atoms with E-state index in [4.69, 9.17) is 0 Å². The van der Waals surface area contributed by atoms with Gasteiger partial charge < -0.3 is 20.3 Å². The second-order valence-corrected chi connectivity index (χ2v) is 5.82. The number of nitrogens with one attached hydrogen (secondary N) is 2. The molecule has 0 saturated carbocycles. The summed E-state index contributed by atoms with van der Waals surface area (Å²) in [6.45, 7) is 2.00. The van der Waals surface area contributed by atoms with Crippen molar-refractivity contribution in [1.82, 2.24) is 15.5 Å². The summed E-state index contributed by atoms with van der Waals surface area (Å²) >= 11 is 0. The molecule has 1 amide bonds. The van der Waals surface area contributed by atoms with E-state index in [0.717, 1.165) is 5.56 Å². The predicted molar refractivity (Wildman–Crippen MR) is 93.8 cm³/mol. The summed E-state index contributed by atoms with van der Waals surface area (Å²) in [5.41, 5.74) is 0.921. The Kier molecular flexibility index (Phi) is 8.66. The van der Waals surface area contributed by atoms with E-state index < -0.39 is 6.61 Å². The number of benzene rings is 1. The van der Waals surface area contributed by atoms with Crippen LogP contribution < -0.4 is 15.4 Å². The molecule has 0 aliphatic rings. The predicted octanol–water partition coefficient (Wildman–Crippen LogP) is 2.21. The van der Waals surface area contributed by atoms with Crippen LogP contribution in [0, 0.1) is 0 Å². The fraction of sp³-hybridized carbons (Fsp3) is 0.529. The number of hydrogen-bond acceptors (Lipinski definition) is 3. The van der Waals surface area contributed by atoms with Crippen LogP contribution in [0.3, 0.4) is 0 Å². The molecule has 140 valence electrons. The van der Waals surface area contributed by atoms with E-state index in [1.807, 2.05) is 25.8 Å². The van der Waals surface area contributed by atoms with Crippen LogP contribution >= 0.6 is 0 Å². The Morgan fingerprint density at radius 1 is 1.28 bits per heavy atom. The van der Waals surface area contributed by atoms with Gasteiger partial charge in [-0.15, -0.1) is 0 Å². The van der Waals surface area contributed by atoms with Crippen LogP contribution in [0.1, 0.15) is 25.8 Å². The van der Waals surface area contributed by atoms with Crippen LogP contribution in [0.25, 0.3) is 0 Å². The van der Waals surface area contributed by atoms with Gasteiger partial charge in [-0.3, -0.25) is 9.79 Å². The third-order valence-corrected chi connectivity index (χ3v) is 3.23. The van der Waals surface area contributed by atoms with Gasteiger partial charge in [0.25, 0.3) is 0 Å². The minimum atomic E-state index is -2.83. The molecule has 2 N–H and O–H groups in total. The molecule has 0 aliphatic carbocycles. The van der Waals surface area contributed by atoms with Crippen LogP contribution in [0.2, 0.25) is 0 Å². The smallest absolute Gasteiger partial charge is 0.387 e. The summed E-state index contributed by atoms with van der Waals surface area (Å²) in [6, 6.07) is 6.56. The highest BCUT2D eigenvalue weighted by Crippen LogP contribution is 2.15. The Morgan fingerprint density at radius 2 is 1.92 bits per heavy atom. The second kappa shape index (κ2) is 10.5. The number of hydrogen-bond donors (Lipinski definition) is 2. The minimum absolute atomic E-state index is 0.0183. The number of nitrogens with zero attached hydrogens (tertiary/aromatic N) is 2. The Morgan fingerprint density at radius 3 is 2.44 bits per heavy atom. The van der Waals surface area contributed by atoms with Crippen molar-refractivity contribution in [2.24, 2.45) is 4.99 Å². The van der Waals surface area contributed by atoms with Crippen LogP contribution in [0.15, 0.2) is 29.3 Å². The molecule has 6 nitrogen and oxygen atoms in total. The van der Waals surface area contributed by atoms with E-state index in [1.165, 1.54) is 12.1 Å². The lowest BCUT2D eigenvalue weighted by Crippen LogP contribution is -2.40. The number of guanidine groups is 1. The summed E-state index contributed by atoms with van der Waals surface area (Å²) in [5.74, 6) is 0.751. The second-order valence-electron chi connectivity index (χ2n) is 5.82. The number of ether oxygens (including phenoxy) is 1. The van der Waals surface area contributed by atoms with Crippen LogP contribution in [-0.2, 0) is 11.3 Å². The lowest BCUT2D eigenvalue weighted by Gasteiger charge is -2.22. The zero-order valence-corrected chi connectivity index (χ0v) is 15.1. The van der Waals surface area contributed by atoms with Gasteiger partial charge in [0.1, 0.15) is 5.75 Å². The Balaban J connectivity index is 2.48. The van der Waals surface area contributed by atoms with E-state index in [1.54, 1.807) is 19.2 Å². The highest BCUT2D eigenvalue weighted by atomic mass is 19.3. The topological polar surface area (TPSA) is 66.0 Å². The highest BCUT2D eigenvalue weighted by molar-refractivity contribution is 5.81. The van der Waals surface area contributed by atoms with E-state index in [-0.39, 0.29) is 17.7 Å². The summed E-state index contributed by atoms with van der Waals surface area (Å²) in [6.07, 6.45) is 0.352. The molecule has 1 aromatic carbocycles. The van der Waals surface area contributed by atoms with Gasteiger partial charge in [-0.25, -0.2) is 0 Å². The largest absolute Gasteiger partial charge is 0.435 e. The highest BCUT2D eigenvalue weighted by Gasteiger charge is 2.09. The van der Waals surface area contributed by atoms with E-state index in [9.17, 15) is 13.6 Å². The SMILES string of the molecule is CN=C(NCCC(=O)NC(C)C)N(C)Cc1ccc(OC(F)F)cc1. The first-order chi connectivity index (χ1) is 11.8. The first-order valence-corrected chi connectivity index (χ1v) is 8.06. The lowest BCUT2D eigenvalue weighted by molar-refractivity contribution is -0.121. The maximum atomic E-state index is 12.1. The fourth-order valence-electron chi connectivity index (χ4n) is 2.19. The average Bonchev–Trinajstić information content (AvgIpc) is 2.52. The number of rotatable bonds is 8. The molecule has 0 spiro atoms. The molecular weight excluding hydrogens is 330 g/mol. The molecular formula is C17H26F2N4O2. The molecule has 0 saturated heterocycles. The van der Waals surface area contributed by atoms with Gasteiger partial charge in [-0.2, -0.15) is 8.78 Å². The summed E-state index contributed by atoms with van der Waals surface area (Å²) < 4.78 is 28.6. The molecule has 0 atom stereocenters. The number of carbonyl (C=O) groups excluding carboxylic acids is 1. The quantitative estimate of drug-likeness (QED) is 0.554. The number of aliphatic imine (C=N–C) groups is 1. The molecule has 25 heavy (non-hydrogen) atoms. The molecule has 0 unspecified atom stereocenters. The molecule has 0 heterocycles. The van der Waals surface area contributed by atoms with Gasteiger partial charge in [0.2, 0.25) is 5.91 Å². The van der Waals surface area contributed by atoms with Crippen molar-refractivity contribution < 1.29 is 18.3 Å². The molecule has 0 bridgehead atoms. The van der Waals surface area contributed by atoms with Crippen LogP contribution in [-0.4, -0.2) is 50.1 Å². The third kappa shape index (κ3) is 8.32. The maximum absolute atomic E-state index is 12.1. The first-order valence-electron chi connectivity index (χ1n) is 8.06. The Bertz CT molecular complexity index is 562. The zero-order valence-electron chi connectivity index (χ0n) is 15.1. The van der Waals surface area contributed by atoms with Crippen molar-refractivity contribution in [3.05, 3.63) is 29.8 Å². The van der Waals surface area contributed by atoms with Crippen molar-refractivity contribution in [1.29, 1.82) is 0 Å². The van der Waals surface area contributed by atoms with Gasteiger partial charge in [0.05, 0.1) is 0 Å². The van der Waals surface area contributed by atoms with Gasteiger partial charge in [-0.1, -0.05) is 12.1 Å².